The summed E-state index contributed by atoms with van der Waals surface area (Å²) in [4.78, 5) is 40.7. The number of pyridine rings is 3. The van der Waals surface area contributed by atoms with E-state index in [1.165, 1.54) is 36.7 Å². The Labute approximate surface area is 414 Å². The van der Waals surface area contributed by atoms with E-state index in [9.17, 15) is 20.6 Å². The van der Waals surface area contributed by atoms with Crippen LogP contribution in [0.4, 0.5) is 0 Å². The van der Waals surface area contributed by atoms with Gasteiger partial charge in [0.2, 0.25) is 0 Å². The smallest absolute Gasteiger partial charge is 0.345 e. The number of nitrogens with zero attached hydrogens (tertiary/aromatic N) is 3. The van der Waals surface area contributed by atoms with Crippen LogP contribution < -0.4 is 11.3 Å². The quantitative estimate of drug-likeness (QED) is 0.0941. The summed E-state index contributed by atoms with van der Waals surface area (Å²) in [6.45, 7) is 0. The average molecular weight is 914 g/mol. The van der Waals surface area contributed by atoms with Crippen LogP contribution in [0, 0.1) is 0 Å². The molecule has 7 nitrogen and oxygen atoms in total. The molecule has 7 aromatic carbocycles. The number of aryl methyl sites for hydroxylation is 4. The Hall–Kier alpha value is -9.07. The summed E-state index contributed by atoms with van der Waals surface area (Å²) in [6.07, 6.45) is -7.88. The molecule has 0 saturated carbocycles. The van der Waals surface area contributed by atoms with Crippen LogP contribution in [0.3, 0.4) is 0 Å². The highest BCUT2D eigenvalue weighted by Crippen LogP contribution is 2.41. The first-order chi connectivity index (χ1) is 37.5. The Balaban J connectivity index is 1.05. The fourth-order valence-electron chi connectivity index (χ4n) is 8.95. The highest BCUT2D eigenvalue weighted by Gasteiger charge is 2.18. The first-order valence-corrected chi connectivity index (χ1v) is 22.6. The molecule has 0 atom stereocenters. The molecule has 0 bridgehead atoms. The molecule has 0 fully saturated rings. The van der Waals surface area contributed by atoms with E-state index in [4.69, 9.17) is 13.8 Å². The number of hydrogen-bond donors (Lipinski definition) is 0. The van der Waals surface area contributed by atoms with Crippen LogP contribution in [0.1, 0.15) is 33.2 Å². The monoisotopic (exact) mass is 913 g/mol. The van der Waals surface area contributed by atoms with Gasteiger partial charge in [0.05, 0.1) is 27.5 Å². The van der Waals surface area contributed by atoms with Gasteiger partial charge in [0.25, 0.3) is 0 Å². The van der Waals surface area contributed by atoms with Gasteiger partial charge in [0.15, 0.2) is 0 Å². The lowest BCUT2D eigenvalue weighted by atomic mass is 9.87. The third kappa shape index (κ3) is 8.24. The fourth-order valence-corrected chi connectivity index (χ4v) is 8.95. The average Bonchev–Trinajstić information content (AvgIpc) is 3.66. The summed E-state index contributed by atoms with van der Waals surface area (Å²) in [5.74, 6) is 0. The lowest BCUT2D eigenvalue weighted by Gasteiger charge is -2.18. The van der Waals surface area contributed by atoms with Gasteiger partial charge in [0, 0.05) is 51.5 Å². The molecule has 0 saturated heterocycles. The highest BCUT2D eigenvalue weighted by molar-refractivity contribution is 6.02. The normalized spacial score (nSPS) is 14.0. The number of benzene rings is 7. The molecule has 0 aliphatic heterocycles. The second-order valence-corrected chi connectivity index (χ2v) is 16.8. The molecule has 7 heteroatoms. The van der Waals surface area contributed by atoms with E-state index in [-0.39, 0.29) is 60.8 Å². The molecule has 0 aliphatic carbocycles. The van der Waals surface area contributed by atoms with Crippen molar-refractivity contribution in [3.05, 3.63) is 256 Å². The minimum Gasteiger partial charge on any atom is -0.422 e. The lowest BCUT2D eigenvalue weighted by Crippen LogP contribution is -2.04. The molecule has 12 aromatic rings. The first-order valence-electron chi connectivity index (χ1n) is 26.6. The Morgan fingerprint density at radius 2 is 0.814 bits per heavy atom. The molecule has 70 heavy (non-hydrogen) atoms. The van der Waals surface area contributed by atoms with Gasteiger partial charge >= 0.3 is 11.3 Å². The number of fused-ring (bicyclic) bond motifs is 6. The summed E-state index contributed by atoms with van der Waals surface area (Å²) in [7, 11) is 0. The molecule has 0 unspecified atom stereocenters. The van der Waals surface area contributed by atoms with Crippen molar-refractivity contribution in [3.8, 4) is 55.8 Å². The molecule has 5 heterocycles. The first kappa shape index (κ1) is 34.3. The van der Waals surface area contributed by atoms with E-state index in [1.54, 1.807) is 66.9 Å². The van der Waals surface area contributed by atoms with Crippen molar-refractivity contribution in [2.24, 2.45) is 0 Å². The van der Waals surface area contributed by atoms with Gasteiger partial charge in [-0.3, -0.25) is 15.0 Å². The van der Waals surface area contributed by atoms with Gasteiger partial charge in [-0.05, 0) is 129 Å². The Morgan fingerprint density at radius 3 is 1.40 bits per heavy atom. The van der Waals surface area contributed by atoms with Crippen LogP contribution in [0.2, 0.25) is 0 Å². The van der Waals surface area contributed by atoms with Crippen molar-refractivity contribution in [1.29, 1.82) is 0 Å². The van der Waals surface area contributed by atoms with Gasteiger partial charge in [-0.25, -0.2) is 9.59 Å². The van der Waals surface area contributed by atoms with Gasteiger partial charge in [-0.2, -0.15) is 0 Å². The van der Waals surface area contributed by atoms with Crippen molar-refractivity contribution in [2.75, 3.05) is 0 Å². The van der Waals surface area contributed by atoms with Gasteiger partial charge in [-0.15, -0.1) is 0 Å². The second-order valence-electron chi connectivity index (χ2n) is 16.8. The van der Waals surface area contributed by atoms with Crippen molar-refractivity contribution in [2.45, 2.75) is 25.5 Å². The second kappa shape index (κ2) is 18.2. The molecule has 0 spiro atoms. The molecule has 0 amide bonds. The van der Waals surface area contributed by atoms with E-state index >= 15 is 0 Å². The zero-order chi connectivity index (χ0) is 54.1. The minimum atomic E-state index is -3.03. The molecule has 12 rings (SSSR count). The van der Waals surface area contributed by atoms with Gasteiger partial charge in [0.1, 0.15) is 11.2 Å². The lowest BCUT2D eigenvalue weighted by molar-refractivity contribution is 0.569. The van der Waals surface area contributed by atoms with E-state index < -0.39 is 36.7 Å². The molecule has 0 N–H and O–H groups in total. The molecule has 334 valence electrons. The van der Waals surface area contributed by atoms with Crippen molar-refractivity contribution in [3.63, 3.8) is 0 Å². The van der Waals surface area contributed by atoms with Crippen LogP contribution >= 0.6 is 0 Å². The standard InChI is InChI=1S/C63H43N3O4/c67-62-54-34-42(37-65-60(54)51-19-9-11-21-58(51)69-62)25-23-40-31-41(24-26-43-35-55-61(66-38-43)52-20-10-12-22-59(52)70-63(55)68)33-48(32-40)49-17-7-8-18-50(49)56-39-64-57(47-15-5-2-6-16-47)36-53(56)46-29-27-45(28-30-46)44-13-3-1-4-14-44/h1-22,27-39H,23-26H2/i23D2,24D2,25D2,26D2. The summed E-state index contributed by atoms with van der Waals surface area (Å²) in [5, 5.41) is 0.870. The maximum Gasteiger partial charge on any atom is 0.345 e. The zero-order valence-electron chi connectivity index (χ0n) is 45.2. The molecule has 5 aromatic heterocycles. The van der Waals surface area contributed by atoms with E-state index in [2.05, 4.69) is 9.97 Å². The number of rotatable bonds is 11. The molecule has 0 aliphatic rings. The predicted octanol–water partition coefficient (Wildman–Crippen LogP) is 14.3. The Morgan fingerprint density at radius 1 is 0.343 bits per heavy atom. The van der Waals surface area contributed by atoms with Crippen molar-refractivity contribution in [1.82, 2.24) is 15.0 Å². The number of para-hydroxylation sites is 2. The van der Waals surface area contributed by atoms with Crippen LogP contribution in [0.5, 0.6) is 0 Å². The molecular formula is C63H43N3O4. The minimum absolute atomic E-state index is 0.0674. The fraction of sp³-hybridized carbons (Fsp3) is 0.0635. The van der Waals surface area contributed by atoms with Gasteiger partial charge < -0.3 is 8.83 Å². The summed E-state index contributed by atoms with van der Waals surface area (Å²) in [6, 6.07) is 57.2. The summed E-state index contributed by atoms with van der Waals surface area (Å²) < 4.78 is 88.6. The van der Waals surface area contributed by atoms with Gasteiger partial charge in [-0.1, -0.05) is 152 Å². The zero-order valence-corrected chi connectivity index (χ0v) is 37.2. The Kier molecular flexibility index (Phi) is 8.91. The third-order valence-corrected chi connectivity index (χ3v) is 12.3. The number of hydrogen-bond acceptors (Lipinski definition) is 7. The van der Waals surface area contributed by atoms with Crippen LogP contribution in [-0.4, -0.2) is 15.0 Å². The van der Waals surface area contributed by atoms with E-state index in [0.717, 1.165) is 33.9 Å². The van der Waals surface area contributed by atoms with Crippen LogP contribution in [-0.2, 0) is 25.5 Å². The Bertz CT molecular complexity index is 4280. The van der Waals surface area contributed by atoms with Crippen molar-refractivity contribution < 1.29 is 19.8 Å². The topological polar surface area (TPSA) is 99.1 Å². The van der Waals surface area contributed by atoms with Crippen molar-refractivity contribution >= 4 is 43.7 Å². The van der Waals surface area contributed by atoms with Crippen LogP contribution in [0.25, 0.3) is 99.5 Å². The highest BCUT2D eigenvalue weighted by atomic mass is 16.4. The largest absolute Gasteiger partial charge is 0.422 e. The number of aromatic nitrogens is 3. The maximum atomic E-state index is 13.4. The molecular weight excluding hydrogens is 863 g/mol. The summed E-state index contributed by atoms with van der Waals surface area (Å²) >= 11 is 0. The molecule has 0 radical (unpaired) electrons. The predicted molar refractivity (Wildman–Crippen MR) is 282 cm³/mol. The van der Waals surface area contributed by atoms with E-state index in [1.807, 2.05) is 103 Å². The van der Waals surface area contributed by atoms with E-state index in [0.29, 0.717) is 33.2 Å². The third-order valence-electron chi connectivity index (χ3n) is 12.3. The maximum absolute atomic E-state index is 13.4. The summed E-state index contributed by atoms with van der Waals surface area (Å²) in [5.41, 5.74) is 5.44. The SMILES string of the molecule is [2H]C([2H])(c1cc(-c2ccccc2-c2cnc(-c3ccccc3)cc2-c2ccc(-c3ccccc3)cc2)cc(C([2H])([2H])C([2H])([2H])c2cnc3c(c2)c(=O)oc2ccccc23)c1)C([2H])([2H])c1cnc2c(c1)c(=O)oc1ccccc12. The van der Waals surface area contributed by atoms with Crippen LogP contribution in [0.15, 0.2) is 231 Å².